The first-order valence-electron chi connectivity index (χ1n) is 12.3. The molecule has 0 aliphatic carbocycles. The maximum atomic E-state index is 14.7. The van der Waals surface area contributed by atoms with Crippen LogP contribution in [0.1, 0.15) is 41.1 Å². The van der Waals surface area contributed by atoms with Crippen molar-refractivity contribution in [3.05, 3.63) is 77.6 Å². The molecule has 0 radical (unpaired) electrons. The first kappa shape index (κ1) is 23.9. The Morgan fingerprint density at radius 2 is 1.89 bits per heavy atom. The van der Waals surface area contributed by atoms with Crippen molar-refractivity contribution in [1.29, 1.82) is 0 Å². The lowest BCUT2D eigenvalue weighted by Gasteiger charge is -2.21. The summed E-state index contributed by atoms with van der Waals surface area (Å²) in [5.41, 5.74) is 1.62. The van der Waals surface area contributed by atoms with Gasteiger partial charge in [-0.05, 0) is 41.9 Å². The van der Waals surface area contributed by atoms with Gasteiger partial charge < -0.3 is 15.4 Å². The van der Waals surface area contributed by atoms with Crippen LogP contribution in [0.25, 0.3) is 10.8 Å². The molecule has 2 atom stereocenters. The first-order chi connectivity index (χ1) is 17.5. The van der Waals surface area contributed by atoms with E-state index in [0.29, 0.717) is 23.4 Å². The number of cyclic esters (lactones) is 1. The largest absolute Gasteiger partial charge is 0.442 e. The molecule has 5 rings (SSSR count). The van der Waals surface area contributed by atoms with Crippen molar-refractivity contribution in [2.45, 2.75) is 31.3 Å². The molecule has 2 unspecified atom stereocenters. The predicted octanol–water partition coefficient (Wildman–Crippen LogP) is 4.16. The quantitative estimate of drug-likeness (QED) is 0.464. The molecule has 2 heterocycles. The van der Waals surface area contributed by atoms with Gasteiger partial charge in [0.25, 0.3) is 0 Å². The van der Waals surface area contributed by atoms with Gasteiger partial charge in [0.05, 0.1) is 18.8 Å². The van der Waals surface area contributed by atoms with Crippen molar-refractivity contribution in [3.63, 3.8) is 0 Å². The van der Waals surface area contributed by atoms with E-state index in [1.807, 2.05) is 36.4 Å². The Bertz CT molecular complexity index is 1300. The van der Waals surface area contributed by atoms with Crippen molar-refractivity contribution >= 4 is 34.2 Å². The minimum atomic E-state index is -0.560. The number of hydrogen-bond donors (Lipinski definition) is 2. The third-order valence-corrected chi connectivity index (χ3v) is 6.84. The molecular formula is C28H28FN3O4. The van der Waals surface area contributed by atoms with E-state index in [-0.39, 0.29) is 49.4 Å². The third kappa shape index (κ3) is 5.09. The van der Waals surface area contributed by atoms with E-state index in [4.69, 9.17) is 4.74 Å². The summed E-state index contributed by atoms with van der Waals surface area (Å²) in [6.45, 7) is 1.81. The Hall–Kier alpha value is -3.78. The molecule has 0 aromatic heterocycles. The molecule has 3 aromatic rings. The summed E-state index contributed by atoms with van der Waals surface area (Å²) in [7, 11) is 0. The van der Waals surface area contributed by atoms with Crippen molar-refractivity contribution in [2.24, 2.45) is 0 Å². The monoisotopic (exact) mass is 489 g/mol. The van der Waals surface area contributed by atoms with Gasteiger partial charge in [0.1, 0.15) is 11.9 Å². The van der Waals surface area contributed by atoms with E-state index in [1.54, 1.807) is 18.2 Å². The maximum Gasteiger partial charge on any atom is 0.414 e. The van der Waals surface area contributed by atoms with Gasteiger partial charge in [-0.1, -0.05) is 42.5 Å². The van der Waals surface area contributed by atoms with Gasteiger partial charge in [-0.3, -0.25) is 14.5 Å². The van der Waals surface area contributed by atoms with Crippen LogP contribution < -0.4 is 15.5 Å². The maximum absolute atomic E-state index is 14.7. The number of benzene rings is 3. The smallest absolute Gasteiger partial charge is 0.414 e. The highest BCUT2D eigenvalue weighted by atomic mass is 19.1. The van der Waals surface area contributed by atoms with E-state index >= 15 is 0 Å². The van der Waals surface area contributed by atoms with Crippen LogP contribution in [0.15, 0.2) is 60.7 Å². The molecule has 2 N–H and O–H groups in total. The molecule has 7 nitrogen and oxygen atoms in total. The fourth-order valence-electron chi connectivity index (χ4n) is 4.94. The predicted molar refractivity (Wildman–Crippen MR) is 135 cm³/mol. The second-order valence-electron chi connectivity index (χ2n) is 9.27. The van der Waals surface area contributed by atoms with Crippen molar-refractivity contribution < 1.29 is 23.5 Å². The van der Waals surface area contributed by atoms with Gasteiger partial charge in [-0.2, -0.15) is 0 Å². The number of hydrogen-bond acceptors (Lipinski definition) is 5. The number of carbonyl (C=O) groups is 3. The SMILES string of the molecule is O=C(CCC(=O)c1ccc2ccccc2c1)NCC1CN(c2cccc(F)c2C2CCNC2)C(=O)O1. The number of carbonyl (C=O) groups excluding carboxylic acids is 3. The van der Waals surface area contributed by atoms with Crippen LogP contribution in [-0.2, 0) is 9.53 Å². The molecule has 0 spiro atoms. The zero-order chi connectivity index (χ0) is 25.1. The lowest BCUT2D eigenvalue weighted by Crippen LogP contribution is -2.35. The van der Waals surface area contributed by atoms with Gasteiger partial charge in [0.2, 0.25) is 5.91 Å². The summed E-state index contributed by atoms with van der Waals surface area (Å²) < 4.78 is 20.1. The van der Waals surface area contributed by atoms with E-state index < -0.39 is 12.2 Å². The van der Waals surface area contributed by atoms with Gasteiger partial charge in [-0.15, -0.1) is 0 Å². The molecule has 36 heavy (non-hydrogen) atoms. The highest BCUT2D eigenvalue weighted by molar-refractivity contribution is 6.01. The van der Waals surface area contributed by atoms with Crippen molar-refractivity contribution in [3.8, 4) is 0 Å². The molecule has 2 saturated heterocycles. The van der Waals surface area contributed by atoms with Gasteiger partial charge in [-0.25, -0.2) is 9.18 Å². The molecule has 0 saturated carbocycles. The lowest BCUT2D eigenvalue weighted by molar-refractivity contribution is -0.121. The number of amides is 2. The Kier molecular flexibility index (Phi) is 6.95. The summed E-state index contributed by atoms with van der Waals surface area (Å²) >= 11 is 0. The zero-order valence-corrected chi connectivity index (χ0v) is 19.8. The van der Waals surface area contributed by atoms with Gasteiger partial charge in [0.15, 0.2) is 5.78 Å². The molecule has 2 amide bonds. The lowest BCUT2D eigenvalue weighted by atomic mass is 9.95. The molecule has 8 heteroatoms. The molecule has 2 aliphatic heterocycles. The fourth-order valence-corrected chi connectivity index (χ4v) is 4.94. The van der Waals surface area contributed by atoms with Crippen LogP contribution in [0.4, 0.5) is 14.9 Å². The molecule has 186 valence electrons. The average Bonchev–Trinajstić information content (AvgIpc) is 3.55. The van der Waals surface area contributed by atoms with Crippen LogP contribution in [-0.4, -0.2) is 50.1 Å². The average molecular weight is 490 g/mol. The number of ether oxygens (including phenoxy) is 1. The van der Waals surface area contributed by atoms with Crippen LogP contribution in [0, 0.1) is 5.82 Å². The normalized spacial score (nSPS) is 19.5. The summed E-state index contributed by atoms with van der Waals surface area (Å²) in [6.07, 6.45) is -0.190. The van der Waals surface area contributed by atoms with Crippen LogP contribution in [0.3, 0.4) is 0 Å². The van der Waals surface area contributed by atoms with Crippen molar-refractivity contribution in [2.75, 3.05) is 31.1 Å². The van der Waals surface area contributed by atoms with E-state index in [2.05, 4.69) is 10.6 Å². The Morgan fingerprint density at radius 3 is 2.69 bits per heavy atom. The Morgan fingerprint density at radius 1 is 1.06 bits per heavy atom. The third-order valence-electron chi connectivity index (χ3n) is 6.84. The Labute approximate surface area is 208 Å². The zero-order valence-electron chi connectivity index (χ0n) is 19.8. The number of nitrogens with one attached hydrogen (secondary N) is 2. The van der Waals surface area contributed by atoms with Crippen LogP contribution in [0.5, 0.6) is 0 Å². The number of anilines is 1. The number of fused-ring (bicyclic) bond motifs is 1. The van der Waals surface area contributed by atoms with Gasteiger partial charge in [0, 0.05) is 36.4 Å². The Balaban J connectivity index is 1.14. The molecular weight excluding hydrogens is 461 g/mol. The topological polar surface area (TPSA) is 87.7 Å². The van der Waals surface area contributed by atoms with E-state index in [0.717, 1.165) is 23.7 Å². The summed E-state index contributed by atoms with van der Waals surface area (Å²) in [4.78, 5) is 39.0. The van der Waals surface area contributed by atoms with E-state index in [1.165, 1.54) is 11.0 Å². The molecule has 2 aliphatic rings. The van der Waals surface area contributed by atoms with Crippen LogP contribution in [0.2, 0.25) is 0 Å². The number of ketones is 1. The van der Waals surface area contributed by atoms with Crippen molar-refractivity contribution in [1.82, 2.24) is 10.6 Å². The minimum absolute atomic E-state index is 0.00658. The van der Waals surface area contributed by atoms with Crippen LogP contribution >= 0.6 is 0 Å². The summed E-state index contributed by atoms with van der Waals surface area (Å²) in [5.74, 6) is -0.730. The summed E-state index contributed by atoms with van der Waals surface area (Å²) in [6, 6.07) is 18.0. The minimum Gasteiger partial charge on any atom is -0.442 e. The number of nitrogens with zero attached hydrogens (tertiary/aromatic N) is 1. The second kappa shape index (κ2) is 10.5. The standard InChI is InChI=1S/C28H28FN3O4/c29-23-6-3-7-24(27(23)21-12-13-30-15-21)32-17-22(36-28(32)35)16-31-26(34)11-10-25(33)20-9-8-18-4-1-2-5-19(18)14-20/h1-9,14,21-22,30H,10-13,15-17H2,(H,31,34). The highest BCUT2D eigenvalue weighted by Crippen LogP contribution is 2.35. The number of halogens is 1. The van der Waals surface area contributed by atoms with Gasteiger partial charge >= 0.3 is 6.09 Å². The number of Topliss-reactive ketones (excluding diaryl/α,β-unsaturated/α-hetero) is 1. The fraction of sp³-hybridized carbons (Fsp3) is 0.321. The summed E-state index contributed by atoms with van der Waals surface area (Å²) in [5, 5.41) is 8.02. The number of rotatable bonds is 8. The second-order valence-corrected chi connectivity index (χ2v) is 9.27. The first-order valence-corrected chi connectivity index (χ1v) is 12.3. The highest BCUT2D eigenvalue weighted by Gasteiger charge is 2.36. The van der Waals surface area contributed by atoms with E-state index in [9.17, 15) is 18.8 Å². The molecule has 3 aromatic carbocycles. The molecule has 2 fully saturated rings. The molecule has 0 bridgehead atoms.